The summed E-state index contributed by atoms with van der Waals surface area (Å²) >= 11 is 0. The van der Waals surface area contributed by atoms with Gasteiger partial charge in [0, 0.05) is 23.6 Å². The minimum Gasteiger partial charge on any atom is -0.496 e. The van der Waals surface area contributed by atoms with Crippen molar-refractivity contribution < 1.29 is 14.6 Å². The number of hydrogen-bond acceptors (Lipinski definition) is 3. The lowest BCUT2D eigenvalue weighted by atomic mass is 10.0. The summed E-state index contributed by atoms with van der Waals surface area (Å²) in [5, 5.41) is 13.6. The van der Waals surface area contributed by atoms with E-state index in [1.54, 1.807) is 7.11 Å². The van der Waals surface area contributed by atoms with Crippen LogP contribution in [-0.2, 0) is 11.2 Å². The maximum absolute atomic E-state index is 11.8. The van der Waals surface area contributed by atoms with Crippen molar-refractivity contribution in [3.63, 3.8) is 0 Å². The van der Waals surface area contributed by atoms with Crippen molar-refractivity contribution in [1.29, 1.82) is 0 Å². The van der Waals surface area contributed by atoms with Gasteiger partial charge in [0.05, 0.1) is 19.6 Å². The van der Waals surface area contributed by atoms with Crippen molar-refractivity contribution in [3.8, 4) is 5.75 Å². The van der Waals surface area contributed by atoms with E-state index in [-0.39, 0.29) is 18.2 Å². The summed E-state index contributed by atoms with van der Waals surface area (Å²) in [5.41, 5.74) is 2.13. The molecule has 1 heterocycles. The van der Waals surface area contributed by atoms with Crippen LogP contribution >= 0.6 is 0 Å². The summed E-state index contributed by atoms with van der Waals surface area (Å²) in [5.74, 6) is 0.798. The molecule has 2 rings (SSSR count). The van der Waals surface area contributed by atoms with E-state index in [4.69, 9.17) is 4.74 Å². The quantitative estimate of drug-likeness (QED) is 0.734. The van der Waals surface area contributed by atoms with Crippen molar-refractivity contribution in [3.05, 3.63) is 30.0 Å². The van der Waals surface area contributed by atoms with Crippen LogP contribution in [0.5, 0.6) is 5.75 Å². The smallest absolute Gasteiger partial charge is 0.222 e. The predicted molar refractivity (Wildman–Crippen MR) is 87.0 cm³/mol. The lowest BCUT2D eigenvalue weighted by Crippen LogP contribution is -2.30. The second-order valence-corrected chi connectivity index (χ2v) is 5.81. The van der Waals surface area contributed by atoms with Crippen LogP contribution in [0.15, 0.2) is 24.4 Å². The number of aromatic nitrogens is 1. The first-order chi connectivity index (χ1) is 10.5. The fourth-order valence-corrected chi connectivity index (χ4v) is 2.42. The minimum absolute atomic E-state index is 0.0867. The number of fused-ring (bicyclic) bond motifs is 1. The van der Waals surface area contributed by atoms with Gasteiger partial charge in [-0.05, 0) is 30.0 Å². The summed E-state index contributed by atoms with van der Waals surface area (Å²) in [6, 6.07) is 5.87. The van der Waals surface area contributed by atoms with Gasteiger partial charge >= 0.3 is 0 Å². The molecule has 1 aromatic heterocycles. The van der Waals surface area contributed by atoms with E-state index < -0.39 is 6.10 Å². The van der Waals surface area contributed by atoms with Crippen LogP contribution in [0.1, 0.15) is 25.8 Å². The maximum atomic E-state index is 11.8. The van der Waals surface area contributed by atoms with Crippen molar-refractivity contribution in [2.45, 2.75) is 32.8 Å². The summed E-state index contributed by atoms with van der Waals surface area (Å²) in [6.45, 7) is 4.33. The Balaban J connectivity index is 1.94. The van der Waals surface area contributed by atoms with Gasteiger partial charge in [-0.15, -0.1) is 0 Å². The Labute approximate surface area is 130 Å². The van der Waals surface area contributed by atoms with E-state index in [2.05, 4.69) is 10.3 Å². The average molecular weight is 304 g/mol. The van der Waals surface area contributed by atoms with Crippen molar-refractivity contribution in [2.75, 3.05) is 13.7 Å². The van der Waals surface area contributed by atoms with Crippen LogP contribution in [0, 0.1) is 5.92 Å². The number of rotatable bonds is 7. The molecule has 2 aromatic rings. The molecule has 0 aliphatic heterocycles. The Morgan fingerprint density at radius 2 is 2.18 bits per heavy atom. The number of aliphatic hydroxyl groups excluding tert-OH is 1. The highest BCUT2D eigenvalue weighted by atomic mass is 16.5. The number of aromatic amines is 1. The largest absolute Gasteiger partial charge is 0.496 e. The third-order valence-electron chi connectivity index (χ3n) is 3.85. The molecule has 22 heavy (non-hydrogen) atoms. The zero-order chi connectivity index (χ0) is 16.1. The first-order valence-electron chi connectivity index (χ1n) is 7.60. The molecule has 0 saturated carbocycles. The molecule has 1 aromatic carbocycles. The number of carbonyl (C=O) groups excluding carboxylic acids is 1. The van der Waals surface area contributed by atoms with Gasteiger partial charge in [-0.1, -0.05) is 19.9 Å². The van der Waals surface area contributed by atoms with Crippen LogP contribution in [0.25, 0.3) is 10.9 Å². The van der Waals surface area contributed by atoms with Gasteiger partial charge in [-0.2, -0.15) is 0 Å². The molecule has 0 fully saturated rings. The molecule has 1 atom stereocenters. The summed E-state index contributed by atoms with van der Waals surface area (Å²) in [4.78, 5) is 15.0. The Hall–Kier alpha value is -2.01. The van der Waals surface area contributed by atoms with Crippen LogP contribution in [0.2, 0.25) is 0 Å². The van der Waals surface area contributed by atoms with E-state index in [0.29, 0.717) is 13.0 Å². The Kier molecular flexibility index (Phi) is 5.44. The van der Waals surface area contributed by atoms with Crippen LogP contribution in [0.3, 0.4) is 0 Å². The number of hydrogen-bond donors (Lipinski definition) is 3. The Morgan fingerprint density at radius 1 is 1.41 bits per heavy atom. The Bertz CT molecular complexity index is 634. The number of aliphatic hydroxyl groups is 1. The molecule has 5 heteroatoms. The van der Waals surface area contributed by atoms with Crippen molar-refractivity contribution >= 4 is 16.8 Å². The summed E-state index contributed by atoms with van der Waals surface area (Å²) in [7, 11) is 1.65. The highest BCUT2D eigenvalue weighted by molar-refractivity contribution is 5.89. The van der Waals surface area contributed by atoms with Crippen LogP contribution in [0.4, 0.5) is 0 Å². The fourth-order valence-electron chi connectivity index (χ4n) is 2.42. The molecule has 0 aliphatic rings. The Morgan fingerprint density at radius 3 is 2.86 bits per heavy atom. The van der Waals surface area contributed by atoms with Gasteiger partial charge in [-0.3, -0.25) is 4.79 Å². The molecule has 0 bridgehead atoms. The van der Waals surface area contributed by atoms with Crippen LogP contribution < -0.4 is 10.1 Å². The third-order valence-corrected chi connectivity index (χ3v) is 3.85. The first-order valence-corrected chi connectivity index (χ1v) is 7.60. The molecule has 0 saturated heterocycles. The predicted octanol–water partition coefficient (Wildman–Crippen LogP) is 2.24. The monoisotopic (exact) mass is 304 g/mol. The number of methoxy groups -OCH3 is 1. The molecule has 120 valence electrons. The normalized spacial score (nSPS) is 12.6. The third kappa shape index (κ3) is 3.80. The summed E-state index contributed by atoms with van der Waals surface area (Å²) < 4.78 is 5.39. The average Bonchev–Trinajstić information content (AvgIpc) is 2.90. The van der Waals surface area contributed by atoms with Crippen molar-refractivity contribution in [2.24, 2.45) is 5.92 Å². The maximum Gasteiger partial charge on any atom is 0.222 e. The molecule has 5 nitrogen and oxygen atoms in total. The molecular weight excluding hydrogens is 280 g/mol. The zero-order valence-corrected chi connectivity index (χ0v) is 13.3. The van der Waals surface area contributed by atoms with Gasteiger partial charge in [0.25, 0.3) is 0 Å². The van der Waals surface area contributed by atoms with E-state index in [1.807, 2.05) is 38.2 Å². The fraction of sp³-hybridized carbons (Fsp3) is 0.471. The highest BCUT2D eigenvalue weighted by Crippen LogP contribution is 2.28. The number of carbonyl (C=O) groups is 1. The minimum atomic E-state index is -0.590. The number of ether oxygens (including phenoxy) is 1. The first kappa shape index (κ1) is 16.4. The van der Waals surface area contributed by atoms with E-state index in [9.17, 15) is 9.90 Å². The molecule has 1 amide bonds. The second-order valence-electron chi connectivity index (χ2n) is 5.81. The van der Waals surface area contributed by atoms with Gasteiger partial charge in [0.1, 0.15) is 5.75 Å². The summed E-state index contributed by atoms with van der Waals surface area (Å²) in [6.07, 6.45) is 2.22. The molecule has 1 unspecified atom stereocenters. The van der Waals surface area contributed by atoms with Gasteiger partial charge < -0.3 is 20.1 Å². The standard InChI is InChI=1S/C17H24N2O3/c1-11(2)14(20)9-16(21)18-8-7-12-10-19-13-5-4-6-15(22-3)17(12)13/h4-6,10-11,14,19-20H,7-9H2,1-3H3,(H,18,21). The van der Waals surface area contributed by atoms with Crippen molar-refractivity contribution in [1.82, 2.24) is 10.3 Å². The number of nitrogens with one attached hydrogen (secondary N) is 2. The molecule has 0 aliphatic carbocycles. The van der Waals surface area contributed by atoms with Gasteiger partial charge in [0.2, 0.25) is 5.91 Å². The van der Waals surface area contributed by atoms with E-state index in [1.165, 1.54) is 0 Å². The molecule has 0 radical (unpaired) electrons. The van der Waals surface area contributed by atoms with E-state index in [0.717, 1.165) is 22.2 Å². The topological polar surface area (TPSA) is 74.3 Å². The van der Waals surface area contributed by atoms with Gasteiger partial charge in [0.15, 0.2) is 0 Å². The zero-order valence-electron chi connectivity index (χ0n) is 13.3. The van der Waals surface area contributed by atoms with E-state index >= 15 is 0 Å². The molecule has 3 N–H and O–H groups in total. The highest BCUT2D eigenvalue weighted by Gasteiger charge is 2.14. The molecule has 0 spiro atoms. The second kappa shape index (κ2) is 7.31. The molecular formula is C17H24N2O3. The van der Waals surface area contributed by atoms with Crippen LogP contribution in [-0.4, -0.2) is 35.8 Å². The number of benzene rings is 1. The van der Waals surface area contributed by atoms with Gasteiger partial charge in [-0.25, -0.2) is 0 Å². The lowest BCUT2D eigenvalue weighted by Gasteiger charge is -2.13. The number of amides is 1. The SMILES string of the molecule is COc1cccc2[nH]cc(CCNC(=O)CC(O)C(C)C)c12. The number of H-pyrrole nitrogens is 1. The lowest BCUT2D eigenvalue weighted by molar-refractivity contribution is -0.123.